The molecule has 1 amide bonds. The summed E-state index contributed by atoms with van der Waals surface area (Å²) < 4.78 is 0.626. The second-order valence-electron chi connectivity index (χ2n) is 10.0. The van der Waals surface area contributed by atoms with Crippen LogP contribution in [0.4, 0.5) is 11.4 Å². The van der Waals surface area contributed by atoms with E-state index in [-0.39, 0.29) is 17.0 Å². The van der Waals surface area contributed by atoms with Crippen molar-refractivity contribution in [2.75, 3.05) is 4.90 Å². The minimum atomic E-state index is -0.518. The molecule has 0 aliphatic carbocycles. The number of anilines is 1. The van der Waals surface area contributed by atoms with E-state index >= 15 is 0 Å². The fourth-order valence-electron chi connectivity index (χ4n) is 5.51. The largest absolute Gasteiger partial charge is 0.302 e. The zero-order valence-electron chi connectivity index (χ0n) is 20.0. The highest BCUT2D eigenvalue weighted by Gasteiger charge is 2.48. The summed E-state index contributed by atoms with van der Waals surface area (Å²) in [5, 5.41) is 12.2. The molecule has 1 aliphatic rings. The topological polar surface area (TPSA) is 63.5 Å². The van der Waals surface area contributed by atoms with Crippen molar-refractivity contribution >= 4 is 50.3 Å². The third-order valence-corrected chi connectivity index (χ3v) is 8.66. The van der Waals surface area contributed by atoms with Crippen LogP contribution < -0.4 is 4.90 Å². The molecule has 0 N–H and O–H groups in total. The lowest BCUT2D eigenvalue weighted by atomic mass is 9.65. The number of halogens is 1. The first kappa shape index (κ1) is 23.5. The summed E-state index contributed by atoms with van der Waals surface area (Å²) in [5.41, 5.74) is 3.48. The molecule has 35 heavy (non-hydrogen) atoms. The summed E-state index contributed by atoms with van der Waals surface area (Å²) in [5.74, 6) is -0.191. The normalized spacial score (nSPS) is 18.9. The van der Waals surface area contributed by atoms with Crippen LogP contribution in [0.5, 0.6) is 0 Å². The maximum Gasteiger partial charge on any atom is 0.270 e. The second-order valence-corrected chi connectivity index (χ2v) is 11.5. The summed E-state index contributed by atoms with van der Waals surface area (Å²) in [6.45, 7) is 8.48. The van der Waals surface area contributed by atoms with Crippen LogP contribution in [-0.2, 0) is 5.41 Å². The molecule has 2 heterocycles. The van der Waals surface area contributed by atoms with Crippen molar-refractivity contribution in [1.29, 1.82) is 0 Å². The molecule has 178 valence electrons. The van der Waals surface area contributed by atoms with Gasteiger partial charge in [0.05, 0.1) is 9.95 Å². The summed E-state index contributed by atoms with van der Waals surface area (Å²) in [6.07, 6.45) is 0.722. The van der Waals surface area contributed by atoms with Gasteiger partial charge in [0.2, 0.25) is 0 Å². The second kappa shape index (κ2) is 8.18. The molecule has 0 saturated carbocycles. The Balaban J connectivity index is 1.68. The van der Waals surface area contributed by atoms with Gasteiger partial charge in [0.25, 0.3) is 11.6 Å². The quantitative estimate of drug-likeness (QED) is 0.210. The maximum atomic E-state index is 14.1. The number of carbonyl (C=O) groups excluding carboxylic acids is 1. The molecular weight excluding hydrogens is 480 g/mol. The van der Waals surface area contributed by atoms with Gasteiger partial charge >= 0.3 is 0 Å². The van der Waals surface area contributed by atoms with E-state index in [2.05, 4.69) is 58.0 Å². The average Bonchev–Trinajstić information content (AvgIpc) is 3.15. The van der Waals surface area contributed by atoms with Crippen LogP contribution >= 0.6 is 22.9 Å². The van der Waals surface area contributed by atoms with Gasteiger partial charge in [-0.2, -0.15) is 0 Å². The van der Waals surface area contributed by atoms with E-state index in [4.69, 9.17) is 11.6 Å². The van der Waals surface area contributed by atoms with Crippen molar-refractivity contribution in [1.82, 2.24) is 0 Å². The Morgan fingerprint density at radius 3 is 2.46 bits per heavy atom. The molecule has 1 atom stereocenters. The van der Waals surface area contributed by atoms with Crippen molar-refractivity contribution in [3.8, 4) is 0 Å². The van der Waals surface area contributed by atoms with Gasteiger partial charge in [-0.1, -0.05) is 66.6 Å². The molecule has 5 nitrogen and oxygen atoms in total. The number of aryl methyl sites for hydroxylation is 1. The Morgan fingerprint density at radius 1 is 1.06 bits per heavy atom. The number of fused-ring (bicyclic) bond motifs is 2. The molecule has 0 bridgehead atoms. The van der Waals surface area contributed by atoms with Gasteiger partial charge in [-0.05, 0) is 50.5 Å². The first-order chi connectivity index (χ1) is 16.5. The zero-order valence-corrected chi connectivity index (χ0v) is 21.5. The smallest absolute Gasteiger partial charge is 0.270 e. The Labute approximate surface area is 213 Å². The molecule has 0 spiro atoms. The number of hydrogen-bond donors (Lipinski definition) is 0. The molecule has 0 radical (unpaired) electrons. The highest BCUT2D eigenvalue weighted by Crippen LogP contribution is 2.52. The Hall–Kier alpha value is -3.22. The molecule has 1 aliphatic heterocycles. The van der Waals surface area contributed by atoms with Gasteiger partial charge in [0.1, 0.15) is 4.88 Å². The van der Waals surface area contributed by atoms with E-state index in [9.17, 15) is 14.9 Å². The fourth-order valence-corrected chi connectivity index (χ4v) is 6.98. The van der Waals surface area contributed by atoms with E-state index in [1.165, 1.54) is 29.0 Å². The number of benzene rings is 3. The number of nitro benzene ring substituents is 1. The highest BCUT2D eigenvalue weighted by atomic mass is 35.5. The minimum Gasteiger partial charge on any atom is -0.302 e. The van der Waals surface area contributed by atoms with Crippen LogP contribution in [0.2, 0.25) is 5.02 Å². The van der Waals surface area contributed by atoms with Crippen LogP contribution in [-0.4, -0.2) is 16.4 Å². The minimum absolute atomic E-state index is 0.0211. The highest BCUT2D eigenvalue weighted by molar-refractivity contribution is 7.21. The third kappa shape index (κ3) is 3.72. The van der Waals surface area contributed by atoms with Gasteiger partial charge in [-0.3, -0.25) is 14.9 Å². The Morgan fingerprint density at radius 2 is 1.77 bits per heavy atom. The van der Waals surface area contributed by atoms with E-state index in [1.54, 1.807) is 6.07 Å². The van der Waals surface area contributed by atoms with Crippen LogP contribution in [0.25, 0.3) is 10.1 Å². The van der Waals surface area contributed by atoms with Crippen molar-refractivity contribution in [3.05, 3.63) is 103 Å². The predicted octanol–water partition coefficient (Wildman–Crippen LogP) is 7.91. The monoisotopic (exact) mass is 504 g/mol. The van der Waals surface area contributed by atoms with Crippen molar-refractivity contribution in [2.24, 2.45) is 0 Å². The standard InChI is InChI=1S/C28H25ClN2O3S/c1-17-10-13-22-21(14-17)28(4,18-8-6-5-7-9-18)16-27(2,3)30(22)26(32)25-24(29)20-12-11-19(31(33)34)15-23(20)35-25/h5-15H,16H2,1-4H3/t28-/m1/s1. The first-order valence-electron chi connectivity index (χ1n) is 11.4. The number of amides is 1. The molecule has 3 aromatic carbocycles. The number of nitrogens with zero attached hydrogens (tertiary/aromatic N) is 2. The molecule has 4 aromatic rings. The summed E-state index contributed by atoms with van der Waals surface area (Å²) in [6, 6.07) is 21.2. The number of thiophene rings is 1. The molecule has 7 heteroatoms. The van der Waals surface area contributed by atoms with Crippen molar-refractivity contribution < 1.29 is 9.72 Å². The summed E-state index contributed by atoms with van der Waals surface area (Å²) >= 11 is 7.90. The zero-order chi connectivity index (χ0) is 25.1. The van der Waals surface area contributed by atoms with Crippen molar-refractivity contribution in [2.45, 2.75) is 45.1 Å². The first-order valence-corrected chi connectivity index (χ1v) is 12.6. The van der Waals surface area contributed by atoms with Crippen LogP contribution in [0.3, 0.4) is 0 Å². The van der Waals surface area contributed by atoms with Gasteiger partial charge in [-0.15, -0.1) is 11.3 Å². The van der Waals surface area contributed by atoms with E-state index in [0.29, 0.717) is 20.0 Å². The van der Waals surface area contributed by atoms with Gasteiger partial charge < -0.3 is 4.90 Å². The summed E-state index contributed by atoms with van der Waals surface area (Å²) in [4.78, 5) is 27.2. The van der Waals surface area contributed by atoms with Gasteiger partial charge in [-0.25, -0.2) is 0 Å². The molecule has 5 rings (SSSR count). The summed E-state index contributed by atoms with van der Waals surface area (Å²) in [7, 11) is 0. The molecule has 0 unspecified atom stereocenters. The fraction of sp³-hybridized carbons (Fsp3) is 0.250. The van der Waals surface area contributed by atoms with Crippen molar-refractivity contribution in [3.63, 3.8) is 0 Å². The lowest BCUT2D eigenvalue weighted by Gasteiger charge is -2.51. The SMILES string of the molecule is Cc1ccc2c(c1)[C@@](C)(c1ccccc1)CC(C)(C)N2C(=O)c1sc2cc([N+](=O)[O-])ccc2c1Cl. The van der Waals surface area contributed by atoms with Crippen LogP contribution in [0, 0.1) is 17.0 Å². The average molecular weight is 505 g/mol. The van der Waals surface area contributed by atoms with Crippen LogP contribution in [0.1, 0.15) is 53.6 Å². The number of carbonyl (C=O) groups is 1. The molecular formula is C28H25ClN2O3S. The number of nitro groups is 1. The molecule has 0 fully saturated rings. The number of rotatable bonds is 3. The lowest BCUT2D eigenvalue weighted by molar-refractivity contribution is -0.384. The third-order valence-electron chi connectivity index (χ3n) is 7.01. The molecule has 1 aromatic heterocycles. The number of hydrogen-bond acceptors (Lipinski definition) is 4. The maximum absolute atomic E-state index is 14.1. The van der Waals surface area contributed by atoms with Crippen LogP contribution in [0.15, 0.2) is 66.7 Å². The van der Waals surface area contributed by atoms with E-state index in [1.807, 2.05) is 23.1 Å². The number of non-ortho nitro benzene ring substituents is 1. The van der Waals surface area contributed by atoms with Gasteiger partial charge in [0.15, 0.2) is 0 Å². The van der Waals surface area contributed by atoms with E-state index < -0.39 is 10.5 Å². The Kier molecular flexibility index (Phi) is 5.49. The Bertz CT molecular complexity index is 1500. The van der Waals surface area contributed by atoms with E-state index in [0.717, 1.165) is 23.2 Å². The lowest BCUT2D eigenvalue weighted by Crippen LogP contribution is -2.55. The van der Waals surface area contributed by atoms with Gasteiger partial charge in [0, 0.05) is 38.9 Å². The predicted molar refractivity (Wildman–Crippen MR) is 143 cm³/mol. The molecule has 0 saturated heterocycles.